The van der Waals surface area contributed by atoms with Crippen molar-refractivity contribution in [1.29, 1.82) is 0 Å². The van der Waals surface area contributed by atoms with Crippen molar-refractivity contribution in [1.82, 2.24) is 9.88 Å². The molecular formula is C14H17N3O2S. The predicted molar refractivity (Wildman–Crippen MR) is 79.9 cm³/mol. The third-order valence-corrected chi connectivity index (χ3v) is 4.21. The Morgan fingerprint density at radius 3 is 2.80 bits per heavy atom. The van der Waals surface area contributed by atoms with Gasteiger partial charge in [-0.3, -0.25) is 4.79 Å². The third-order valence-electron chi connectivity index (χ3n) is 3.36. The number of ether oxygens (including phenoxy) is 1. The lowest BCUT2D eigenvalue weighted by Gasteiger charge is -2.35. The van der Waals surface area contributed by atoms with Crippen LogP contribution >= 0.6 is 11.3 Å². The minimum atomic E-state index is 0.0425. The van der Waals surface area contributed by atoms with Gasteiger partial charge in [-0.25, -0.2) is 4.98 Å². The van der Waals surface area contributed by atoms with Crippen LogP contribution in [0.1, 0.15) is 24.2 Å². The van der Waals surface area contributed by atoms with Crippen LogP contribution in [-0.4, -0.2) is 41.1 Å². The van der Waals surface area contributed by atoms with E-state index in [4.69, 9.17) is 10.5 Å². The first kappa shape index (κ1) is 13.3. The molecule has 0 spiro atoms. The average Bonchev–Trinajstić information content (AvgIpc) is 2.75. The minimum Gasteiger partial charge on any atom is -0.375 e. The Kier molecular flexibility index (Phi) is 3.35. The first-order chi connectivity index (χ1) is 9.52. The Labute approximate surface area is 121 Å². The number of hydrogen-bond donors (Lipinski definition) is 1. The van der Waals surface area contributed by atoms with Crippen molar-refractivity contribution in [2.75, 3.05) is 18.8 Å². The molecule has 3 rings (SSSR count). The van der Waals surface area contributed by atoms with Crippen LogP contribution in [0.15, 0.2) is 18.2 Å². The number of amides is 1. The standard InChI is InChI=1S/C14H17N3O2S/c1-8-6-17(7-9(2)19-8)13(18)10-3-4-11-12(5-10)20-14(15)16-11/h3-5,8-9H,6-7H2,1-2H3,(H2,15,16)/t8-,9+. The van der Waals surface area contributed by atoms with Crippen LogP contribution in [-0.2, 0) is 4.74 Å². The molecule has 1 aliphatic heterocycles. The monoisotopic (exact) mass is 291 g/mol. The maximum Gasteiger partial charge on any atom is 0.254 e. The highest BCUT2D eigenvalue weighted by Crippen LogP contribution is 2.25. The fourth-order valence-electron chi connectivity index (χ4n) is 2.60. The van der Waals surface area contributed by atoms with E-state index < -0.39 is 0 Å². The molecule has 0 bridgehead atoms. The van der Waals surface area contributed by atoms with Gasteiger partial charge in [0.25, 0.3) is 5.91 Å². The molecule has 5 nitrogen and oxygen atoms in total. The van der Waals surface area contributed by atoms with Gasteiger partial charge in [-0.2, -0.15) is 0 Å². The summed E-state index contributed by atoms with van der Waals surface area (Å²) in [7, 11) is 0. The summed E-state index contributed by atoms with van der Waals surface area (Å²) in [4.78, 5) is 18.6. The summed E-state index contributed by atoms with van der Waals surface area (Å²) >= 11 is 1.40. The Morgan fingerprint density at radius 2 is 2.10 bits per heavy atom. The zero-order valence-electron chi connectivity index (χ0n) is 11.5. The zero-order chi connectivity index (χ0) is 14.3. The van der Waals surface area contributed by atoms with Gasteiger partial charge in [-0.1, -0.05) is 11.3 Å². The quantitative estimate of drug-likeness (QED) is 0.874. The maximum atomic E-state index is 12.6. The van der Waals surface area contributed by atoms with Crippen molar-refractivity contribution in [3.05, 3.63) is 23.8 Å². The second-order valence-corrected chi connectivity index (χ2v) is 6.26. The van der Waals surface area contributed by atoms with Crippen molar-refractivity contribution in [3.8, 4) is 0 Å². The number of nitrogens with two attached hydrogens (primary N) is 1. The molecule has 0 radical (unpaired) electrons. The number of fused-ring (bicyclic) bond motifs is 1. The summed E-state index contributed by atoms with van der Waals surface area (Å²) < 4.78 is 6.60. The number of anilines is 1. The van der Waals surface area contributed by atoms with E-state index in [1.807, 2.05) is 36.9 Å². The fourth-order valence-corrected chi connectivity index (χ4v) is 3.38. The number of carbonyl (C=O) groups excluding carboxylic acids is 1. The number of carbonyl (C=O) groups is 1. The molecule has 1 aromatic heterocycles. The third kappa shape index (κ3) is 2.48. The lowest BCUT2D eigenvalue weighted by molar-refractivity contribution is -0.0586. The molecule has 2 N–H and O–H groups in total. The number of benzene rings is 1. The van der Waals surface area contributed by atoms with Gasteiger partial charge in [0.1, 0.15) is 0 Å². The molecule has 1 fully saturated rings. The van der Waals surface area contributed by atoms with Gasteiger partial charge in [0.05, 0.1) is 22.4 Å². The summed E-state index contributed by atoms with van der Waals surface area (Å²) in [5, 5.41) is 0.526. The van der Waals surface area contributed by atoms with E-state index in [1.165, 1.54) is 11.3 Å². The summed E-state index contributed by atoms with van der Waals surface area (Å²) in [6, 6.07) is 5.54. The maximum absolute atomic E-state index is 12.6. The molecule has 0 aliphatic carbocycles. The predicted octanol–water partition coefficient (Wildman–Crippen LogP) is 2.13. The van der Waals surface area contributed by atoms with Crippen LogP contribution in [0.2, 0.25) is 0 Å². The van der Waals surface area contributed by atoms with Crippen molar-refractivity contribution in [2.24, 2.45) is 0 Å². The van der Waals surface area contributed by atoms with E-state index >= 15 is 0 Å². The molecule has 106 valence electrons. The molecule has 0 saturated carbocycles. The van der Waals surface area contributed by atoms with E-state index in [1.54, 1.807) is 0 Å². The van der Waals surface area contributed by atoms with Crippen molar-refractivity contribution in [2.45, 2.75) is 26.1 Å². The molecule has 1 saturated heterocycles. The number of rotatable bonds is 1. The highest BCUT2D eigenvalue weighted by atomic mass is 32.1. The molecule has 2 heterocycles. The molecule has 6 heteroatoms. The zero-order valence-corrected chi connectivity index (χ0v) is 12.3. The molecule has 1 aromatic carbocycles. The summed E-state index contributed by atoms with van der Waals surface area (Å²) in [5.41, 5.74) is 7.21. The first-order valence-electron chi connectivity index (χ1n) is 6.63. The number of aromatic nitrogens is 1. The smallest absolute Gasteiger partial charge is 0.254 e. The summed E-state index contributed by atoms with van der Waals surface area (Å²) in [5.74, 6) is 0.0425. The van der Waals surface area contributed by atoms with E-state index in [0.717, 1.165) is 10.2 Å². The molecule has 0 unspecified atom stereocenters. The Morgan fingerprint density at radius 1 is 1.40 bits per heavy atom. The number of nitrogens with zero attached hydrogens (tertiary/aromatic N) is 2. The summed E-state index contributed by atoms with van der Waals surface area (Å²) in [6.07, 6.45) is 0.149. The lowest BCUT2D eigenvalue weighted by atomic mass is 10.1. The van der Waals surface area contributed by atoms with Gasteiger partial charge < -0.3 is 15.4 Å². The Balaban J connectivity index is 1.87. The van der Waals surface area contributed by atoms with Crippen molar-refractivity contribution >= 4 is 32.6 Å². The topological polar surface area (TPSA) is 68.5 Å². The molecule has 2 atom stereocenters. The molecule has 2 aromatic rings. The highest BCUT2D eigenvalue weighted by molar-refractivity contribution is 7.22. The van der Waals surface area contributed by atoms with Crippen LogP contribution in [0, 0.1) is 0 Å². The van der Waals surface area contributed by atoms with Crippen molar-refractivity contribution < 1.29 is 9.53 Å². The molecule has 1 amide bonds. The van der Waals surface area contributed by atoms with Gasteiger partial charge in [0.15, 0.2) is 5.13 Å². The average molecular weight is 291 g/mol. The summed E-state index contributed by atoms with van der Waals surface area (Å²) in [6.45, 7) is 5.24. The van der Waals surface area contributed by atoms with Crippen LogP contribution in [0.4, 0.5) is 5.13 Å². The van der Waals surface area contributed by atoms with Gasteiger partial charge in [-0.15, -0.1) is 0 Å². The van der Waals surface area contributed by atoms with Gasteiger partial charge in [-0.05, 0) is 32.0 Å². The fraction of sp³-hybridized carbons (Fsp3) is 0.429. The second kappa shape index (κ2) is 5.03. The molecule has 1 aliphatic rings. The van der Waals surface area contributed by atoms with E-state index in [-0.39, 0.29) is 18.1 Å². The van der Waals surface area contributed by atoms with E-state index in [2.05, 4.69) is 4.98 Å². The minimum absolute atomic E-state index is 0.0425. The van der Waals surface area contributed by atoms with Gasteiger partial charge in [0, 0.05) is 18.7 Å². The largest absolute Gasteiger partial charge is 0.375 e. The van der Waals surface area contributed by atoms with Crippen LogP contribution < -0.4 is 5.73 Å². The van der Waals surface area contributed by atoms with Gasteiger partial charge >= 0.3 is 0 Å². The van der Waals surface area contributed by atoms with E-state index in [0.29, 0.717) is 23.8 Å². The molecule has 20 heavy (non-hydrogen) atoms. The number of hydrogen-bond acceptors (Lipinski definition) is 5. The van der Waals surface area contributed by atoms with Crippen LogP contribution in [0.25, 0.3) is 10.2 Å². The lowest BCUT2D eigenvalue weighted by Crippen LogP contribution is -2.48. The van der Waals surface area contributed by atoms with E-state index in [9.17, 15) is 4.79 Å². The van der Waals surface area contributed by atoms with Crippen molar-refractivity contribution in [3.63, 3.8) is 0 Å². The van der Waals surface area contributed by atoms with Crippen LogP contribution in [0.3, 0.4) is 0 Å². The molecular weight excluding hydrogens is 274 g/mol. The SMILES string of the molecule is C[C@@H]1CN(C(=O)c2ccc3nc(N)sc3c2)C[C@H](C)O1. The van der Waals surface area contributed by atoms with Gasteiger partial charge in [0.2, 0.25) is 0 Å². The highest BCUT2D eigenvalue weighted by Gasteiger charge is 2.26. The first-order valence-corrected chi connectivity index (χ1v) is 7.45. The number of thiazole rings is 1. The van der Waals surface area contributed by atoms with Crippen LogP contribution in [0.5, 0.6) is 0 Å². The Bertz CT molecular complexity index is 645. The normalized spacial score (nSPS) is 23.2. The second-order valence-electron chi connectivity index (χ2n) is 5.20. The number of nitrogen functional groups attached to an aromatic ring is 1. The number of morpholine rings is 1. The Hall–Kier alpha value is -1.66.